The number of amides is 2. The number of benzene rings is 1. The van der Waals surface area contributed by atoms with Crippen LogP contribution in [0.4, 0.5) is 5.69 Å². The molecule has 3 rings (SSSR count). The third kappa shape index (κ3) is 7.22. The number of ether oxygens (including phenoxy) is 1. The van der Waals surface area contributed by atoms with Gasteiger partial charge in [-0.3, -0.25) is 28.1 Å². The second kappa shape index (κ2) is 11.9. The maximum absolute atomic E-state index is 12.8. The highest BCUT2D eigenvalue weighted by Gasteiger charge is 2.47. The van der Waals surface area contributed by atoms with Crippen molar-refractivity contribution in [3.8, 4) is 0 Å². The molecule has 1 fully saturated rings. The van der Waals surface area contributed by atoms with Gasteiger partial charge < -0.3 is 35.4 Å². The Labute approximate surface area is 210 Å². The minimum Gasteiger partial charge on any atom is -0.387 e. The summed E-state index contributed by atoms with van der Waals surface area (Å²) in [5.74, 6) is -1.55. The molecule has 1 aromatic carbocycles. The largest absolute Gasteiger partial charge is 0.387 e. The highest BCUT2D eigenvalue weighted by atomic mass is 31.2. The minimum atomic E-state index is -4.23. The molecule has 0 bridgehead atoms. The van der Waals surface area contributed by atoms with Gasteiger partial charge in [-0.05, 0) is 24.1 Å². The van der Waals surface area contributed by atoms with Crippen LogP contribution in [0.15, 0.2) is 46.1 Å². The predicted molar refractivity (Wildman–Crippen MR) is 130 cm³/mol. The number of anilines is 1. The third-order valence-corrected chi connectivity index (χ3v) is 6.43. The summed E-state index contributed by atoms with van der Waals surface area (Å²) in [4.78, 5) is 67.6. The first kappa shape index (κ1) is 28.4. The summed E-state index contributed by atoms with van der Waals surface area (Å²) < 4.78 is 18.4. The van der Waals surface area contributed by atoms with Crippen molar-refractivity contribution < 1.29 is 38.9 Å². The number of nitrogens with one attached hydrogen (secondary N) is 2. The van der Waals surface area contributed by atoms with E-state index in [1.165, 1.54) is 24.3 Å². The van der Waals surface area contributed by atoms with Gasteiger partial charge in [-0.15, -0.1) is 0 Å². The van der Waals surface area contributed by atoms with E-state index >= 15 is 0 Å². The van der Waals surface area contributed by atoms with Crippen LogP contribution in [0.25, 0.3) is 0 Å². The number of carbonyl (C=O) groups is 2. The van der Waals surface area contributed by atoms with E-state index in [-0.39, 0.29) is 6.54 Å². The van der Waals surface area contributed by atoms with Crippen LogP contribution in [0.5, 0.6) is 0 Å². The fourth-order valence-electron chi connectivity index (χ4n) is 3.76. The van der Waals surface area contributed by atoms with Gasteiger partial charge in [-0.1, -0.05) is 25.5 Å². The molecule has 1 aromatic heterocycles. The van der Waals surface area contributed by atoms with Crippen molar-refractivity contribution in [2.24, 2.45) is 0 Å². The monoisotopic (exact) mass is 540 g/mol. The summed E-state index contributed by atoms with van der Waals surface area (Å²) in [7, 11) is -4.23. The van der Waals surface area contributed by atoms with Crippen LogP contribution in [0.2, 0.25) is 0 Å². The Morgan fingerprint density at radius 1 is 1.08 bits per heavy atom. The molecule has 37 heavy (non-hydrogen) atoms. The summed E-state index contributed by atoms with van der Waals surface area (Å²) in [6.07, 6.45) is -4.43. The molecule has 0 aliphatic carbocycles. The quantitative estimate of drug-likeness (QED) is 0.200. The lowest BCUT2D eigenvalue weighted by atomic mass is 10.1. The molecule has 1 aliphatic heterocycles. The van der Waals surface area contributed by atoms with Crippen molar-refractivity contribution >= 4 is 25.1 Å². The Balaban J connectivity index is 1.60. The predicted octanol–water partition coefficient (Wildman–Crippen LogP) is -1.14. The number of aliphatic hydroxyl groups is 2. The van der Waals surface area contributed by atoms with Crippen LogP contribution in [0, 0.1) is 0 Å². The Morgan fingerprint density at radius 3 is 2.38 bits per heavy atom. The molecule has 202 valence electrons. The first-order valence-corrected chi connectivity index (χ1v) is 13.3. The van der Waals surface area contributed by atoms with Crippen molar-refractivity contribution in [1.29, 1.82) is 0 Å². The van der Waals surface area contributed by atoms with E-state index in [4.69, 9.17) is 14.5 Å². The second-order valence-corrected chi connectivity index (χ2v) is 10.2. The van der Waals surface area contributed by atoms with Gasteiger partial charge in [0.15, 0.2) is 12.3 Å². The molecule has 2 heterocycles. The van der Waals surface area contributed by atoms with E-state index in [1.54, 1.807) is 0 Å². The lowest BCUT2D eigenvalue weighted by Crippen LogP contribution is -2.45. The highest BCUT2D eigenvalue weighted by molar-refractivity contribution is 7.50. The van der Waals surface area contributed by atoms with Gasteiger partial charge in [0.25, 0.3) is 11.5 Å². The van der Waals surface area contributed by atoms with Gasteiger partial charge >= 0.3 is 13.3 Å². The SMILES string of the molecule is CCCCn1c(=O)ccn([C@@H]2O[C@H](C(=O)NCC(=O)Nc3ccc(CP(=O)(O)O)cc3)[C@@H](O)[C@@H]2O)c1=O. The zero-order valence-corrected chi connectivity index (χ0v) is 20.8. The second-order valence-electron chi connectivity index (χ2n) is 8.56. The van der Waals surface area contributed by atoms with E-state index in [2.05, 4.69) is 10.6 Å². The topological polar surface area (TPSA) is 209 Å². The number of hydrogen-bond acceptors (Lipinski definition) is 8. The number of hydrogen-bond donors (Lipinski definition) is 6. The van der Waals surface area contributed by atoms with E-state index in [1.807, 2.05) is 6.92 Å². The van der Waals surface area contributed by atoms with Crippen LogP contribution in [0.3, 0.4) is 0 Å². The first-order chi connectivity index (χ1) is 17.4. The van der Waals surface area contributed by atoms with Gasteiger partial charge in [0.1, 0.15) is 12.2 Å². The fraction of sp³-hybridized carbons (Fsp3) is 0.455. The maximum Gasteiger partial charge on any atom is 0.333 e. The smallest absolute Gasteiger partial charge is 0.333 e. The number of aromatic nitrogens is 2. The maximum atomic E-state index is 12.8. The zero-order chi connectivity index (χ0) is 27.3. The molecule has 15 heteroatoms. The molecule has 2 amide bonds. The van der Waals surface area contributed by atoms with Crippen molar-refractivity contribution in [2.45, 2.75) is 57.0 Å². The standard InChI is InChI=1S/C22H29N4O10P/c1-2-3-9-25-16(28)8-10-26(22(25)32)21-18(30)17(29)19(36-21)20(31)23-11-15(27)24-14-6-4-13(5-7-14)12-37(33,34)35/h4-8,10,17-19,21,29-30H,2-3,9,11-12H2,1H3,(H,23,31)(H,24,27)(H2,33,34,35)/t17-,18-,19-,21+/m0/s1. The minimum absolute atomic E-state index is 0.159. The summed E-state index contributed by atoms with van der Waals surface area (Å²) in [6.45, 7) is 1.53. The first-order valence-electron chi connectivity index (χ1n) is 11.5. The van der Waals surface area contributed by atoms with E-state index in [0.717, 1.165) is 27.8 Å². The summed E-state index contributed by atoms with van der Waals surface area (Å²) in [6, 6.07) is 6.87. The molecular formula is C22H29N4O10P. The van der Waals surface area contributed by atoms with Gasteiger partial charge in [0, 0.05) is 24.5 Å². The fourth-order valence-corrected chi connectivity index (χ4v) is 4.44. The van der Waals surface area contributed by atoms with Gasteiger partial charge in [0.2, 0.25) is 5.91 Å². The normalized spacial score (nSPS) is 21.5. The molecule has 0 radical (unpaired) electrons. The molecular weight excluding hydrogens is 511 g/mol. The zero-order valence-electron chi connectivity index (χ0n) is 19.9. The van der Waals surface area contributed by atoms with E-state index in [9.17, 15) is 34.0 Å². The Hall–Kier alpha value is -3.13. The molecule has 1 saturated heterocycles. The van der Waals surface area contributed by atoms with E-state index in [0.29, 0.717) is 17.7 Å². The summed E-state index contributed by atoms with van der Waals surface area (Å²) >= 11 is 0. The Morgan fingerprint density at radius 2 is 1.76 bits per heavy atom. The number of nitrogens with zero attached hydrogens (tertiary/aromatic N) is 2. The summed E-state index contributed by atoms with van der Waals surface area (Å²) in [5.41, 5.74) is -0.595. The van der Waals surface area contributed by atoms with Crippen molar-refractivity contribution in [1.82, 2.24) is 14.5 Å². The number of unbranched alkanes of at least 4 members (excludes halogenated alkanes) is 1. The van der Waals surface area contributed by atoms with Gasteiger partial charge in [-0.25, -0.2) is 4.79 Å². The van der Waals surface area contributed by atoms with E-state index < -0.39 is 67.9 Å². The molecule has 0 saturated carbocycles. The van der Waals surface area contributed by atoms with Crippen LogP contribution in [-0.2, 0) is 31.6 Å². The van der Waals surface area contributed by atoms with Crippen molar-refractivity contribution in [3.05, 3.63) is 62.9 Å². The molecule has 0 spiro atoms. The molecule has 1 aliphatic rings. The Bertz CT molecular complexity index is 1290. The van der Waals surface area contributed by atoms with Crippen molar-refractivity contribution in [2.75, 3.05) is 11.9 Å². The lowest BCUT2D eigenvalue weighted by molar-refractivity contribution is -0.138. The number of rotatable bonds is 10. The van der Waals surface area contributed by atoms with Gasteiger partial charge in [0.05, 0.1) is 12.7 Å². The Kier molecular flexibility index (Phi) is 9.18. The number of aliphatic hydroxyl groups excluding tert-OH is 2. The van der Waals surface area contributed by atoms with Crippen LogP contribution >= 0.6 is 7.60 Å². The van der Waals surface area contributed by atoms with Crippen molar-refractivity contribution in [3.63, 3.8) is 0 Å². The molecule has 6 N–H and O–H groups in total. The third-order valence-electron chi connectivity index (χ3n) is 5.65. The lowest BCUT2D eigenvalue weighted by Gasteiger charge is -2.18. The molecule has 4 atom stereocenters. The molecule has 0 unspecified atom stereocenters. The molecule has 2 aromatic rings. The molecule has 14 nitrogen and oxygen atoms in total. The highest BCUT2D eigenvalue weighted by Crippen LogP contribution is 2.39. The van der Waals surface area contributed by atoms with Crippen LogP contribution in [-0.4, -0.2) is 65.8 Å². The number of carbonyl (C=O) groups excluding carboxylic acids is 2. The van der Waals surface area contributed by atoms with Crippen LogP contribution < -0.4 is 21.9 Å². The summed E-state index contributed by atoms with van der Waals surface area (Å²) in [5, 5.41) is 25.5. The van der Waals surface area contributed by atoms with Crippen LogP contribution in [0.1, 0.15) is 31.6 Å². The average molecular weight is 540 g/mol. The van der Waals surface area contributed by atoms with Gasteiger partial charge in [-0.2, -0.15) is 0 Å². The average Bonchev–Trinajstić information content (AvgIpc) is 3.12.